The number of hydrogen-bond acceptors (Lipinski definition) is 5. The van der Waals surface area contributed by atoms with E-state index in [0.29, 0.717) is 6.04 Å². The molecule has 0 radical (unpaired) electrons. The van der Waals surface area contributed by atoms with Crippen LogP contribution >= 0.6 is 0 Å². The molecule has 2 aliphatic rings. The zero-order chi connectivity index (χ0) is 15.7. The summed E-state index contributed by atoms with van der Waals surface area (Å²) in [5, 5.41) is 0. The van der Waals surface area contributed by atoms with E-state index in [1.807, 2.05) is 12.4 Å². The molecule has 2 saturated heterocycles. The molecule has 122 valence electrons. The van der Waals surface area contributed by atoms with Crippen LogP contribution in [0.25, 0.3) is 0 Å². The molecule has 22 heavy (non-hydrogen) atoms. The van der Waals surface area contributed by atoms with Crippen LogP contribution in [-0.4, -0.2) is 72.6 Å². The Bertz CT molecular complexity index is 486. The lowest BCUT2D eigenvalue weighted by Gasteiger charge is -2.37. The van der Waals surface area contributed by atoms with E-state index in [1.165, 1.54) is 18.4 Å². The van der Waals surface area contributed by atoms with Crippen LogP contribution in [0.5, 0.6) is 0 Å². The lowest BCUT2D eigenvalue weighted by atomic mass is 9.92. The summed E-state index contributed by atoms with van der Waals surface area (Å²) in [6.07, 6.45) is 7.48. The average molecular weight is 303 g/mol. The molecule has 0 saturated carbocycles. The number of aryl methyl sites for hydroxylation is 1. The van der Waals surface area contributed by atoms with Crippen LogP contribution in [0, 0.1) is 5.92 Å². The zero-order valence-electron chi connectivity index (χ0n) is 14.4. The van der Waals surface area contributed by atoms with E-state index >= 15 is 0 Å². The first-order valence-electron chi connectivity index (χ1n) is 8.51. The molecule has 0 aromatic carbocycles. The summed E-state index contributed by atoms with van der Waals surface area (Å²) in [6.45, 7) is 5.48. The van der Waals surface area contributed by atoms with Gasteiger partial charge in [-0.05, 0) is 51.9 Å². The van der Waals surface area contributed by atoms with Crippen molar-refractivity contribution in [2.24, 2.45) is 5.92 Å². The highest BCUT2D eigenvalue weighted by atomic mass is 15.3. The molecule has 0 aliphatic carbocycles. The SMILES string of the molecule is CCc1cnc(N2CCC3C(C[C@@H](CN(C)C)N3C)C2)nc1. The third-order valence-corrected chi connectivity index (χ3v) is 5.33. The minimum absolute atomic E-state index is 0.688. The molecule has 0 N–H and O–H groups in total. The standard InChI is InChI=1S/C17H29N5/c1-5-13-9-18-17(19-10-13)22-7-6-16-14(11-22)8-15(21(16)4)12-20(2)3/h9-10,14-16H,5-8,11-12H2,1-4H3/t14?,15-,16?/m0/s1. The van der Waals surface area contributed by atoms with E-state index < -0.39 is 0 Å². The third kappa shape index (κ3) is 3.10. The number of likely N-dealkylation sites (N-methyl/N-ethyl adjacent to an activating group) is 2. The lowest BCUT2D eigenvalue weighted by molar-refractivity contribution is 0.179. The van der Waals surface area contributed by atoms with Crippen LogP contribution in [-0.2, 0) is 6.42 Å². The molecular weight excluding hydrogens is 274 g/mol. The van der Waals surface area contributed by atoms with Crippen molar-refractivity contribution in [2.75, 3.05) is 45.7 Å². The maximum Gasteiger partial charge on any atom is 0.225 e. The normalized spacial score (nSPS) is 29.1. The largest absolute Gasteiger partial charge is 0.340 e. The summed E-state index contributed by atoms with van der Waals surface area (Å²) in [6, 6.07) is 1.42. The van der Waals surface area contributed by atoms with Crippen LogP contribution < -0.4 is 4.90 Å². The first-order chi connectivity index (χ1) is 10.6. The van der Waals surface area contributed by atoms with Crippen molar-refractivity contribution in [2.45, 2.75) is 38.3 Å². The van der Waals surface area contributed by atoms with Gasteiger partial charge >= 0.3 is 0 Å². The molecule has 3 rings (SSSR count). The smallest absolute Gasteiger partial charge is 0.225 e. The Morgan fingerprint density at radius 2 is 2.00 bits per heavy atom. The highest BCUT2D eigenvalue weighted by Crippen LogP contribution is 2.35. The molecule has 0 spiro atoms. The van der Waals surface area contributed by atoms with Gasteiger partial charge in [0, 0.05) is 44.1 Å². The summed E-state index contributed by atoms with van der Waals surface area (Å²) in [5.41, 5.74) is 1.21. The van der Waals surface area contributed by atoms with Crippen LogP contribution in [0.3, 0.4) is 0 Å². The Morgan fingerprint density at radius 3 is 2.64 bits per heavy atom. The van der Waals surface area contributed by atoms with Gasteiger partial charge in [-0.15, -0.1) is 0 Å². The molecule has 5 nitrogen and oxygen atoms in total. The van der Waals surface area contributed by atoms with Gasteiger partial charge in [0.25, 0.3) is 0 Å². The van der Waals surface area contributed by atoms with E-state index in [4.69, 9.17) is 0 Å². The highest BCUT2D eigenvalue weighted by Gasteiger charge is 2.42. The minimum Gasteiger partial charge on any atom is -0.340 e. The molecule has 0 bridgehead atoms. The van der Waals surface area contributed by atoms with Gasteiger partial charge in [0.15, 0.2) is 0 Å². The Balaban J connectivity index is 1.66. The first-order valence-corrected chi connectivity index (χ1v) is 8.51. The summed E-state index contributed by atoms with van der Waals surface area (Å²) in [5.74, 6) is 1.66. The van der Waals surface area contributed by atoms with Gasteiger partial charge < -0.3 is 9.80 Å². The summed E-state index contributed by atoms with van der Waals surface area (Å²) >= 11 is 0. The Labute approximate surface area is 134 Å². The Hall–Kier alpha value is -1.20. The van der Waals surface area contributed by atoms with Crippen molar-refractivity contribution in [3.63, 3.8) is 0 Å². The molecule has 0 amide bonds. The predicted molar refractivity (Wildman–Crippen MR) is 90.2 cm³/mol. The number of fused-ring (bicyclic) bond motifs is 1. The third-order valence-electron chi connectivity index (χ3n) is 5.33. The fourth-order valence-electron chi connectivity index (χ4n) is 4.07. The van der Waals surface area contributed by atoms with Gasteiger partial charge in [-0.2, -0.15) is 0 Å². The number of hydrogen-bond donors (Lipinski definition) is 0. The van der Waals surface area contributed by atoms with Crippen molar-refractivity contribution < 1.29 is 0 Å². The van der Waals surface area contributed by atoms with Crippen molar-refractivity contribution >= 4 is 5.95 Å². The van der Waals surface area contributed by atoms with Gasteiger partial charge in [0.2, 0.25) is 5.95 Å². The van der Waals surface area contributed by atoms with Gasteiger partial charge in [0.1, 0.15) is 0 Å². The number of likely N-dealkylation sites (tertiary alicyclic amines) is 1. The predicted octanol–water partition coefficient (Wildman–Crippen LogP) is 1.50. The minimum atomic E-state index is 0.688. The van der Waals surface area contributed by atoms with Crippen LogP contribution in [0.15, 0.2) is 12.4 Å². The average Bonchev–Trinajstić information content (AvgIpc) is 2.82. The highest BCUT2D eigenvalue weighted by molar-refractivity contribution is 5.31. The number of piperidine rings is 1. The van der Waals surface area contributed by atoms with Crippen LogP contribution in [0.4, 0.5) is 5.95 Å². The van der Waals surface area contributed by atoms with E-state index in [-0.39, 0.29) is 0 Å². The maximum absolute atomic E-state index is 4.57. The Kier molecular flexibility index (Phi) is 4.64. The van der Waals surface area contributed by atoms with Crippen LogP contribution in [0.1, 0.15) is 25.3 Å². The number of rotatable bonds is 4. The fraction of sp³-hybridized carbons (Fsp3) is 0.765. The van der Waals surface area contributed by atoms with E-state index in [9.17, 15) is 0 Å². The van der Waals surface area contributed by atoms with Crippen molar-refractivity contribution in [3.8, 4) is 0 Å². The second-order valence-electron chi connectivity index (χ2n) is 7.12. The second-order valence-corrected chi connectivity index (χ2v) is 7.12. The number of anilines is 1. The summed E-state index contributed by atoms with van der Waals surface area (Å²) in [4.78, 5) is 16.4. The van der Waals surface area contributed by atoms with E-state index in [2.05, 4.69) is 52.7 Å². The van der Waals surface area contributed by atoms with Crippen molar-refractivity contribution in [1.29, 1.82) is 0 Å². The Morgan fingerprint density at radius 1 is 1.27 bits per heavy atom. The quantitative estimate of drug-likeness (QED) is 0.842. The van der Waals surface area contributed by atoms with Gasteiger partial charge in [-0.25, -0.2) is 9.97 Å². The monoisotopic (exact) mass is 303 g/mol. The maximum atomic E-state index is 4.57. The molecule has 3 heterocycles. The lowest BCUT2D eigenvalue weighted by Crippen LogP contribution is -2.46. The van der Waals surface area contributed by atoms with Crippen molar-refractivity contribution in [3.05, 3.63) is 18.0 Å². The molecule has 2 unspecified atom stereocenters. The van der Waals surface area contributed by atoms with E-state index in [1.54, 1.807) is 0 Å². The zero-order valence-corrected chi connectivity index (χ0v) is 14.4. The summed E-state index contributed by atoms with van der Waals surface area (Å²) in [7, 11) is 6.65. The first kappa shape index (κ1) is 15.7. The number of aromatic nitrogens is 2. The molecule has 3 atom stereocenters. The summed E-state index contributed by atoms with van der Waals surface area (Å²) < 4.78 is 0. The molecular formula is C17H29N5. The fourth-order valence-corrected chi connectivity index (χ4v) is 4.07. The van der Waals surface area contributed by atoms with E-state index in [0.717, 1.165) is 44.0 Å². The molecule has 1 aromatic heterocycles. The van der Waals surface area contributed by atoms with Crippen LogP contribution in [0.2, 0.25) is 0 Å². The molecule has 2 fully saturated rings. The molecule has 2 aliphatic heterocycles. The van der Waals surface area contributed by atoms with Crippen molar-refractivity contribution in [1.82, 2.24) is 19.8 Å². The molecule has 5 heteroatoms. The second kappa shape index (κ2) is 6.50. The van der Waals surface area contributed by atoms with Gasteiger partial charge in [-0.3, -0.25) is 4.90 Å². The number of nitrogens with zero attached hydrogens (tertiary/aromatic N) is 5. The van der Waals surface area contributed by atoms with Gasteiger partial charge in [-0.1, -0.05) is 6.92 Å². The molecule has 1 aromatic rings. The topological polar surface area (TPSA) is 35.5 Å². The van der Waals surface area contributed by atoms with Gasteiger partial charge in [0.05, 0.1) is 0 Å².